The molecule has 69 heavy (non-hydrogen) atoms. The largest absolute Gasteiger partial charge is 0.393 e. The second-order valence-corrected chi connectivity index (χ2v) is 22.7. The zero-order valence-electron chi connectivity index (χ0n) is 47.7. The van der Waals surface area contributed by atoms with Crippen LogP contribution < -0.4 is 0 Å². The molecule has 0 heterocycles. The molecular formula is C63H125N3O3. The van der Waals surface area contributed by atoms with Crippen molar-refractivity contribution in [3.05, 3.63) is 0 Å². The number of amides is 2. The predicted molar refractivity (Wildman–Crippen MR) is 303 cm³/mol. The summed E-state index contributed by atoms with van der Waals surface area (Å²) in [7, 11) is 0. The van der Waals surface area contributed by atoms with Crippen LogP contribution >= 0.6 is 0 Å². The number of carbonyl (C=O) groups excluding carboxylic acids is 2. The van der Waals surface area contributed by atoms with E-state index in [0.29, 0.717) is 17.7 Å². The topological polar surface area (TPSA) is 64.1 Å². The van der Waals surface area contributed by atoms with Crippen molar-refractivity contribution in [3.63, 3.8) is 0 Å². The van der Waals surface area contributed by atoms with E-state index in [2.05, 4.69) is 42.4 Å². The van der Waals surface area contributed by atoms with Crippen LogP contribution in [0.4, 0.5) is 0 Å². The van der Waals surface area contributed by atoms with Crippen LogP contribution in [0.15, 0.2) is 0 Å². The highest BCUT2D eigenvalue weighted by Gasteiger charge is 2.22. The van der Waals surface area contributed by atoms with Crippen LogP contribution in [0.25, 0.3) is 0 Å². The van der Waals surface area contributed by atoms with Crippen molar-refractivity contribution in [1.82, 2.24) is 14.7 Å². The molecule has 0 aromatic rings. The minimum Gasteiger partial charge on any atom is -0.393 e. The fourth-order valence-corrected chi connectivity index (χ4v) is 11.2. The summed E-state index contributed by atoms with van der Waals surface area (Å²) in [5.41, 5.74) is 0. The minimum absolute atomic E-state index is 0.107. The molecule has 0 aliphatic heterocycles. The van der Waals surface area contributed by atoms with Gasteiger partial charge < -0.3 is 19.8 Å². The Bertz CT molecular complexity index is 960. The highest BCUT2D eigenvalue weighted by atomic mass is 16.3. The third-order valence-corrected chi connectivity index (χ3v) is 15.8. The van der Waals surface area contributed by atoms with Crippen molar-refractivity contribution in [2.24, 2.45) is 5.92 Å². The van der Waals surface area contributed by atoms with Gasteiger partial charge in [-0.3, -0.25) is 9.59 Å². The van der Waals surface area contributed by atoms with Gasteiger partial charge in [-0.1, -0.05) is 252 Å². The van der Waals surface area contributed by atoms with E-state index >= 15 is 0 Å². The van der Waals surface area contributed by atoms with E-state index in [4.69, 9.17) is 0 Å². The first-order valence-corrected chi connectivity index (χ1v) is 31.9. The van der Waals surface area contributed by atoms with Gasteiger partial charge in [-0.25, -0.2) is 0 Å². The normalized spacial score (nSPS) is 15.1. The number of aliphatic hydroxyl groups excluding tert-OH is 1. The van der Waals surface area contributed by atoms with Crippen LogP contribution in [-0.4, -0.2) is 83.5 Å². The van der Waals surface area contributed by atoms with Crippen molar-refractivity contribution < 1.29 is 14.7 Å². The highest BCUT2D eigenvalue weighted by molar-refractivity contribution is 5.76. The average Bonchev–Trinajstić information content (AvgIpc) is 3.34. The van der Waals surface area contributed by atoms with E-state index < -0.39 is 0 Å². The van der Waals surface area contributed by atoms with Crippen LogP contribution in [0, 0.1) is 5.92 Å². The Morgan fingerprint density at radius 2 is 0.609 bits per heavy atom. The Morgan fingerprint density at radius 1 is 0.348 bits per heavy atom. The molecule has 1 fully saturated rings. The van der Waals surface area contributed by atoms with Crippen molar-refractivity contribution in [2.75, 3.05) is 45.8 Å². The van der Waals surface area contributed by atoms with Gasteiger partial charge in [0.05, 0.1) is 6.10 Å². The fraction of sp³-hybridized carbons (Fsp3) is 0.968. The number of hydrogen-bond acceptors (Lipinski definition) is 4. The maximum Gasteiger partial charge on any atom is 0.222 e. The standard InChI is InChI=1S/C63H125N3O3/c1-5-9-13-17-21-25-35-43-54-65(55-44-36-26-22-18-14-10-6-2)62(68)50-39-31-29-33-41-52-64(59-60-48-47-49-61(67)58-60)53-42-34-30-32-40-51-63(69)66(56-45-37-27-23-19-15-11-7-3)57-46-38-28-24-20-16-12-8-4/h60-61,67H,5-59H2,1-4H3/t60-,61+/m1/s1. The Labute approximate surface area is 433 Å². The van der Waals surface area contributed by atoms with E-state index in [1.54, 1.807) is 0 Å². The lowest BCUT2D eigenvalue weighted by atomic mass is 9.87. The van der Waals surface area contributed by atoms with Crippen LogP contribution in [0.1, 0.15) is 336 Å². The molecule has 0 radical (unpaired) electrons. The first-order chi connectivity index (χ1) is 33.9. The Hall–Kier alpha value is -1.14. The summed E-state index contributed by atoms with van der Waals surface area (Å²) < 4.78 is 0. The fourth-order valence-electron chi connectivity index (χ4n) is 11.2. The summed E-state index contributed by atoms with van der Waals surface area (Å²) >= 11 is 0. The van der Waals surface area contributed by atoms with Gasteiger partial charge in [0.1, 0.15) is 0 Å². The summed E-state index contributed by atoms with van der Waals surface area (Å²) in [4.78, 5) is 34.2. The van der Waals surface area contributed by atoms with Gasteiger partial charge in [-0.05, 0) is 89.6 Å². The van der Waals surface area contributed by atoms with Gasteiger partial charge in [0, 0.05) is 45.6 Å². The van der Waals surface area contributed by atoms with Gasteiger partial charge in [-0.2, -0.15) is 0 Å². The second kappa shape index (κ2) is 51.7. The third kappa shape index (κ3) is 43.0. The average molecular weight is 973 g/mol. The van der Waals surface area contributed by atoms with E-state index in [0.717, 1.165) is 71.2 Å². The van der Waals surface area contributed by atoms with Crippen molar-refractivity contribution >= 4 is 11.8 Å². The Kier molecular flexibility index (Phi) is 49.4. The van der Waals surface area contributed by atoms with Crippen molar-refractivity contribution in [2.45, 2.75) is 342 Å². The maximum atomic E-state index is 13.5. The van der Waals surface area contributed by atoms with E-state index in [1.165, 1.54) is 283 Å². The lowest BCUT2D eigenvalue weighted by Crippen LogP contribution is -2.34. The summed E-state index contributed by atoms with van der Waals surface area (Å²) in [6.07, 6.45) is 59.9. The second-order valence-electron chi connectivity index (χ2n) is 22.7. The summed E-state index contributed by atoms with van der Waals surface area (Å²) in [5.74, 6) is 1.46. The third-order valence-electron chi connectivity index (χ3n) is 15.8. The first-order valence-electron chi connectivity index (χ1n) is 31.9. The Morgan fingerprint density at radius 3 is 0.899 bits per heavy atom. The SMILES string of the molecule is CCCCCCCCCCN(CCCCCCCCCC)C(=O)CCCCCCCN(CCCCCCCC(=O)N(CCCCCCCCCC)CCCCCCCCCC)C[C@@H]1CCC[C@H](O)C1. The molecule has 6 nitrogen and oxygen atoms in total. The van der Waals surface area contributed by atoms with Crippen LogP contribution in [0.3, 0.4) is 0 Å². The van der Waals surface area contributed by atoms with Gasteiger partial charge in [0.25, 0.3) is 0 Å². The molecule has 0 unspecified atom stereocenters. The van der Waals surface area contributed by atoms with E-state index in [-0.39, 0.29) is 6.10 Å². The molecular weight excluding hydrogens is 847 g/mol. The molecule has 0 aromatic heterocycles. The molecule has 1 aliphatic rings. The molecule has 410 valence electrons. The zero-order chi connectivity index (χ0) is 49.9. The summed E-state index contributed by atoms with van der Waals surface area (Å²) in [5, 5.41) is 10.4. The maximum absolute atomic E-state index is 13.5. The van der Waals surface area contributed by atoms with Crippen LogP contribution in [0.2, 0.25) is 0 Å². The lowest BCUT2D eigenvalue weighted by Gasteiger charge is -2.31. The molecule has 0 saturated heterocycles. The number of hydrogen-bond donors (Lipinski definition) is 1. The predicted octanol–water partition coefficient (Wildman–Crippen LogP) is 18.7. The van der Waals surface area contributed by atoms with Crippen molar-refractivity contribution in [3.8, 4) is 0 Å². The molecule has 6 heteroatoms. The van der Waals surface area contributed by atoms with Crippen molar-refractivity contribution in [1.29, 1.82) is 0 Å². The minimum atomic E-state index is -0.107. The monoisotopic (exact) mass is 972 g/mol. The smallest absolute Gasteiger partial charge is 0.222 e. The lowest BCUT2D eigenvalue weighted by molar-refractivity contribution is -0.132. The molecule has 2 atom stereocenters. The zero-order valence-corrected chi connectivity index (χ0v) is 47.7. The van der Waals surface area contributed by atoms with Gasteiger partial charge in [0.2, 0.25) is 11.8 Å². The molecule has 1 saturated carbocycles. The molecule has 1 rings (SSSR count). The van der Waals surface area contributed by atoms with Crippen LogP contribution in [-0.2, 0) is 9.59 Å². The first kappa shape index (κ1) is 65.9. The van der Waals surface area contributed by atoms with Gasteiger partial charge in [0.15, 0.2) is 0 Å². The van der Waals surface area contributed by atoms with Gasteiger partial charge >= 0.3 is 0 Å². The quantitative estimate of drug-likeness (QED) is 0.0617. The molecule has 1 aliphatic carbocycles. The summed E-state index contributed by atoms with van der Waals surface area (Å²) in [6.45, 7) is 16.5. The molecule has 0 aromatic carbocycles. The van der Waals surface area contributed by atoms with E-state index in [1.807, 2.05) is 0 Å². The number of aliphatic hydroxyl groups is 1. The number of carbonyl (C=O) groups is 2. The number of rotatable bonds is 54. The highest BCUT2D eigenvalue weighted by Crippen LogP contribution is 2.26. The molecule has 0 spiro atoms. The Balaban J connectivity index is 2.47. The molecule has 1 N–H and O–H groups in total. The number of nitrogens with zero attached hydrogens (tertiary/aromatic N) is 3. The number of unbranched alkanes of at least 4 members (excludes halogenated alkanes) is 36. The molecule has 0 bridgehead atoms. The van der Waals surface area contributed by atoms with E-state index in [9.17, 15) is 14.7 Å². The van der Waals surface area contributed by atoms with Gasteiger partial charge in [-0.15, -0.1) is 0 Å². The van der Waals surface area contributed by atoms with Crippen LogP contribution in [0.5, 0.6) is 0 Å². The summed E-state index contributed by atoms with van der Waals surface area (Å²) in [6, 6.07) is 0. The molecule has 2 amide bonds.